The number of rotatable bonds is 6. The molecule has 0 fully saturated rings. The van der Waals surface area contributed by atoms with Gasteiger partial charge < -0.3 is 5.73 Å². The van der Waals surface area contributed by atoms with Gasteiger partial charge in [-0.3, -0.25) is 9.29 Å². The molecular weight excluding hydrogens is 226 g/mol. The predicted octanol–water partition coefficient (Wildman–Crippen LogP) is 0.586. The fraction of sp³-hybridized carbons (Fsp3) is 0.500. The lowest BCUT2D eigenvalue weighted by Crippen LogP contribution is -2.33. The fourth-order valence-corrected chi connectivity index (χ4v) is 3.01. The summed E-state index contributed by atoms with van der Waals surface area (Å²) in [5.41, 5.74) is 5.97. The van der Waals surface area contributed by atoms with Crippen LogP contribution < -0.4 is 10.0 Å². The minimum Gasteiger partial charge on any atom is -0.330 e. The largest absolute Gasteiger partial charge is 0.330 e. The smallest absolute Gasteiger partial charge is 0.235 e. The van der Waals surface area contributed by atoms with Gasteiger partial charge in [0.2, 0.25) is 10.0 Å². The van der Waals surface area contributed by atoms with E-state index < -0.39 is 10.0 Å². The van der Waals surface area contributed by atoms with Crippen LogP contribution in [0.25, 0.3) is 0 Å². The summed E-state index contributed by atoms with van der Waals surface area (Å²) >= 11 is 0. The zero-order valence-electron chi connectivity index (χ0n) is 9.33. The number of hydrogen-bond donors (Lipinski definition) is 1. The Labute approximate surface area is 96.3 Å². The lowest BCUT2D eigenvalue weighted by molar-refractivity contribution is 0.589. The van der Waals surface area contributed by atoms with E-state index in [1.54, 1.807) is 31.5 Å². The summed E-state index contributed by atoms with van der Waals surface area (Å²) in [4.78, 5) is 3.86. The monoisotopic (exact) mass is 243 g/mol. The first-order chi connectivity index (χ1) is 7.61. The quantitative estimate of drug-likeness (QED) is 0.793. The fourth-order valence-electron chi connectivity index (χ4n) is 1.43. The SMILES string of the molecule is CCN(c1ccncc1)S(=O)(=O)CCCN. The third-order valence-electron chi connectivity index (χ3n) is 2.18. The van der Waals surface area contributed by atoms with Crippen LogP contribution in [-0.2, 0) is 10.0 Å². The molecule has 0 saturated heterocycles. The summed E-state index contributed by atoms with van der Waals surface area (Å²) in [5.74, 6) is 0.0830. The molecule has 0 bridgehead atoms. The second-order valence-electron chi connectivity index (χ2n) is 3.33. The van der Waals surface area contributed by atoms with Gasteiger partial charge in [0, 0.05) is 18.9 Å². The molecule has 6 heteroatoms. The van der Waals surface area contributed by atoms with Gasteiger partial charge in [0.05, 0.1) is 11.4 Å². The van der Waals surface area contributed by atoms with Crippen molar-refractivity contribution in [3.63, 3.8) is 0 Å². The third kappa shape index (κ3) is 3.18. The minimum absolute atomic E-state index is 0.0830. The summed E-state index contributed by atoms with van der Waals surface area (Å²) in [6.45, 7) is 2.60. The molecule has 1 aromatic heterocycles. The van der Waals surface area contributed by atoms with Crippen molar-refractivity contribution in [1.82, 2.24) is 4.98 Å². The number of hydrogen-bond acceptors (Lipinski definition) is 4. The molecule has 0 aliphatic carbocycles. The van der Waals surface area contributed by atoms with Gasteiger partial charge in [-0.15, -0.1) is 0 Å². The second kappa shape index (κ2) is 5.81. The van der Waals surface area contributed by atoms with Crippen LogP contribution in [0.4, 0.5) is 5.69 Å². The molecule has 0 aliphatic heterocycles. The number of sulfonamides is 1. The Morgan fingerprint density at radius 2 is 2.00 bits per heavy atom. The summed E-state index contributed by atoms with van der Waals surface area (Å²) in [7, 11) is -3.26. The van der Waals surface area contributed by atoms with E-state index in [0.29, 0.717) is 25.2 Å². The average molecular weight is 243 g/mol. The van der Waals surface area contributed by atoms with Crippen LogP contribution in [-0.4, -0.2) is 32.2 Å². The number of nitrogens with zero attached hydrogens (tertiary/aromatic N) is 2. The first kappa shape index (κ1) is 12.9. The van der Waals surface area contributed by atoms with Gasteiger partial charge in [-0.1, -0.05) is 0 Å². The van der Waals surface area contributed by atoms with Crippen LogP contribution in [0.15, 0.2) is 24.5 Å². The highest BCUT2D eigenvalue weighted by Gasteiger charge is 2.19. The molecule has 0 amide bonds. The molecule has 0 aliphatic rings. The average Bonchev–Trinajstić information content (AvgIpc) is 2.28. The van der Waals surface area contributed by atoms with Crippen LogP contribution in [0.2, 0.25) is 0 Å². The Bertz CT molecular complexity index is 405. The van der Waals surface area contributed by atoms with E-state index in [0.717, 1.165) is 0 Å². The standard InChI is InChI=1S/C10H17N3O2S/c1-2-13(10-4-7-12-8-5-10)16(14,15)9-3-6-11/h4-5,7-8H,2-3,6,9,11H2,1H3. The Morgan fingerprint density at radius 3 is 2.50 bits per heavy atom. The lowest BCUT2D eigenvalue weighted by atomic mass is 10.4. The van der Waals surface area contributed by atoms with Crippen LogP contribution in [0.3, 0.4) is 0 Å². The first-order valence-corrected chi connectivity index (χ1v) is 6.83. The number of pyridine rings is 1. The maximum atomic E-state index is 12.0. The van der Waals surface area contributed by atoms with Gasteiger partial charge in [0.1, 0.15) is 0 Å². The molecule has 0 spiro atoms. The van der Waals surface area contributed by atoms with Crippen molar-refractivity contribution in [2.24, 2.45) is 5.73 Å². The van der Waals surface area contributed by atoms with E-state index in [9.17, 15) is 8.42 Å². The molecule has 0 atom stereocenters. The van der Waals surface area contributed by atoms with Crippen molar-refractivity contribution in [3.05, 3.63) is 24.5 Å². The third-order valence-corrected chi connectivity index (χ3v) is 4.13. The highest BCUT2D eigenvalue weighted by molar-refractivity contribution is 7.92. The van der Waals surface area contributed by atoms with E-state index >= 15 is 0 Å². The summed E-state index contributed by atoms with van der Waals surface area (Å²) in [6.07, 6.45) is 3.64. The van der Waals surface area contributed by atoms with Crippen molar-refractivity contribution < 1.29 is 8.42 Å². The topological polar surface area (TPSA) is 76.3 Å². The van der Waals surface area contributed by atoms with Crippen LogP contribution in [0.5, 0.6) is 0 Å². The Hall–Kier alpha value is -1.14. The highest BCUT2D eigenvalue weighted by atomic mass is 32.2. The second-order valence-corrected chi connectivity index (χ2v) is 5.34. The van der Waals surface area contributed by atoms with Gasteiger partial charge in [-0.05, 0) is 32.0 Å². The molecule has 0 radical (unpaired) electrons. The molecule has 1 heterocycles. The van der Waals surface area contributed by atoms with Crippen LogP contribution in [0.1, 0.15) is 13.3 Å². The zero-order chi connectivity index (χ0) is 12.0. The van der Waals surface area contributed by atoms with Gasteiger partial charge in [-0.2, -0.15) is 0 Å². The maximum absolute atomic E-state index is 12.0. The van der Waals surface area contributed by atoms with Gasteiger partial charge >= 0.3 is 0 Å². The van der Waals surface area contributed by atoms with Crippen molar-refractivity contribution in [2.45, 2.75) is 13.3 Å². The molecular formula is C10H17N3O2S. The predicted molar refractivity (Wildman–Crippen MR) is 64.7 cm³/mol. The number of anilines is 1. The molecule has 5 nitrogen and oxygen atoms in total. The Balaban J connectivity index is 2.90. The summed E-state index contributed by atoms with van der Waals surface area (Å²) in [5, 5.41) is 0. The minimum atomic E-state index is -3.26. The van der Waals surface area contributed by atoms with Crippen molar-refractivity contribution >= 4 is 15.7 Å². The van der Waals surface area contributed by atoms with E-state index in [2.05, 4.69) is 4.98 Å². The number of aromatic nitrogens is 1. The summed E-state index contributed by atoms with van der Waals surface area (Å²) < 4.78 is 25.3. The highest BCUT2D eigenvalue weighted by Crippen LogP contribution is 2.16. The lowest BCUT2D eigenvalue weighted by Gasteiger charge is -2.22. The molecule has 0 aromatic carbocycles. The first-order valence-electron chi connectivity index (χ1n) is 5.22. The van der Waals surface area contributed by atoms with Crippen LogP contribution >= 0.6 is 0 Å². The molecule has 0 unspecified atom stereocenters. The van der Waals surface area contributed by atoms with Crippen molar-refractivity contribution in [3.8, 4) is 0 Å². The zero-order valence-corrected chi connectivity index (χ0v) is 10.2. The molecule has 90 valence electrons. The number of nitrogens with two attached hydrogens (primary N) is 1. The Morgan fingerprint density at radius 1 is 1.38 bits per heavy atom. The van der Waals surface area contributed by atoms with Crippen molar-refractivity contribution in [2.75, 3.05) is 23.1 Å². The summed E-state index contributed by atoms with van der Waals surface area (Å²) in [6, 6.07) is 3.37. The van der Waals surface area contributed by atoms with E-state index in [-0.39, 0.29) is 5.75 Å². The molecule has 16 heavy (non-hydrogen) atoms. The van der Waals surface area contributed by atoms with Gasteiger partial charge in [-0.25, -0.2) is 8.42 Å². The molecule has 1 rings (SSSR count). The van der Waals surface area contributed by atoms with E-state index in [4.69, 9.17) is 5.73 Å². The van der Waals surface area contributed by atoms with Gasteiger partial charge in [0.25, 0.3) is 0 Å². The van der Waals surface area contributed by atoms with Gasteiger partial charge in [0.15, 0.2) is 0 Å². The maximum Gasteiger partial charge on any atom is 0.235 e. The van der Waals surface area contributed by atoms with E-state index in [1.807, 2.05) is 0 Å². The van der Waals surface area contributed by atoms with Crippen LogP contribution in [0, 0.1) is 0 Å². The Kier molecular flexibility index (Phi) is 4.70. The molecule has 1 aromatic rings. The molecule has 2 N–H and O–H groups in total. The van der Waals surface area contributed by atoms with E-state index in [1.165, 1.54) is 4.31 Å². The van der Waals surface area contributed by atoms with Crippen molar-refractivity contribution in [1.29, 1.82) is 0 Å². The normalized spacial score (nSPS) is 11.4. The molecule has 0 saturated carbocycles.